The molecule has 0 saturated carbocycles. The minimum atomic E-state index is -0.790. The van der Waals surface area contributed by atoms with Crippen LogP contribution in [0.25, 0.3) is 0 Å². The Labute approximate surface area is 162 Å². The van der Waals surface area contributed by atoms with Gasteiger partial charge in [0, 0.05) is 44.4 Å². The largest absolute Gasteiger partial charge is 0.353 e. The second kappa shape index (κ2) is 7.84. The number of rotatable bonds is 5. The Morgan fingerprint density at radius 1 is 0.828 bits per heavy atom. The minimum absolute atomic E-state index is 0.130. The lowest BCUT2D eigenvalue weighted by molar-refractivity contribution is -0.394. The monoisotopic (exact) mass is 402 g/mol. The fourth-order valence-corrected chi connectivity index (χ4v) is 2.92. The Morgan fingerprint density at radius 3 is 1.83 bits per heavy atom. The molecule has 13 nitrogen and oxygen atoms in total. The van der Waals surface area contributed by atoms with Gasteiger partial charge in [0.05, 0.1) is 26.4 Å². The first-order valence-electron chi connectivity index (χ1n) is 8.35. The number of nitrogens with zero attached hydrogens (tertiary/aromatic N) is 6. The van der Waals surface area contributed by atoms with Crippen LogP contribution in [0.2, 0.25) is 0 Å². The number of amides is 1. The van der Waals surface area contributed by atoms with Crippen molar-refractivity contribution in [3.8, 4) is 0 Å². The summed E-state index contributed by atoms with van der Waals surface area (Å²) in [6.45, 7) is 1.28. The highest BCUT2D eigenvalue weighted by Crippen LogP contribution is 2.24. The van der Waals surface area contributed by atoms with Gasteiger partial charge in [-0.25, -0.2) is 4.98 Å². The number of nitro groups is 3. The molecule has 0 aliphatic carbocycles. The highest BCUT2D eigenvalue weighted by Gasteiger charge is 2.26. The molecule has 0 bridgehead atoms. The number of non-ortho nitro benzene ring substituents is 2. The SMILES string of the molecule is O=C(c1cc([N+](=O)[O-])cc([N+](=O)[O-])c1)N1CCN(c2ccc([N+](=O)[O-])cn2)CC1. The number of anilines is 1. The molecule has 1 aliphatic heterocycles. The molecule has 3 rings (SSSR count). The van der Waals surface area contributed by atoms with Gasteiger partial charge in [-0.3, -0.25) is 35.1 Å². The van der Waals surface area contributed by atoms with Gasteiger partial charge in [-0.2, -0.15) is 0 Å². The summed E-state index contributed by atoms with van der Waals surface area (Å²) in [6.07, 6.45) is 1.15. The van der Waals surface area contributed by atoms with Crippen molar-refractivity contribution in [2.24, 2.45) is 0 Å². The van der Waals surface area contributed by atoms with Crippen molar-refractivity contribution in [2.45, 2.75) is 0 Å². The zero-order valence-corrected chi connectivity index (χ0v) is 14.8. The average molecular weight is 402 g/mol. The number of benzene rings is 1. The van der Waals surface area contributed by atoms with Crippen molar-refractivity contribution >= 4 is 28.8 Å². The Balaban J connectivity index is 1.72. The Bertz CT molecular complexity index is 954. The molecule has 0 atom stereocenters. The molecule has 1 fully saturated rings. The first-order chi connectivity index (χ1) is 13.8. The van der Waals surface area contributed by atoms with Crippen LogP contribution in [0, 0.1) is 30.3 Å². The number of carbonyl (C=O) groups excluding carboxylic acids is 1. The fourth-order valence-electron chi connectivity index (χ4n) is 2.92. The van der Waals surface area contributed by atoms with Crippen molar-refractivity contribution in [1.82, 2.24) is 9.88 Å². The molecular weight excluding hydrogens is 388 g/mol. The molecule has 150 valence electrons. The summed E-state index contributed by atoms with van der Waals surface area (Å²) in [5.41, 5.74) is -1.32. The van der Waals surface area contributed by atoms with E-state index in [4.69, 9.17) is 0 Å². The van der Waals surface area contributed by atoms with Crippen LogP contribution in [0.3, 0.4) is 0 Å². The first kappa shape index (κ1) is 19.6. The molecule has 1 aliphatic rings. The molecule has 1 aromatic carbocycles. The van der Waals surface area contributed by atoms with Crippen LogP contribution in [0.1, 0.15) is 10.4 Å². The summed E-state index contributed by atoms with van der Waals surface area (Å²) < 4.78 is 0. The van der Waals surface area contributed by atoms with E-state index in [9.17, 15) is 35.1 Å². The zero-order valence-electron chi connectivity index (χ0n) is 14.8. The Morgan fingerprint density at radius 2 is 1.38 bits per heavy atom. The molecule has 1 saturated heterocycles. The second-order valence-corrected chi connectivity index (χ2v) is 6.16. The normalized spacial score (nSPS) is 13.8. The number of aromatic nitrogens is 1. The van der Waals surface area contributed by atoms with E-state index in [-0.39, 0.29) is 24.3 Å². The summed E-state index contributed by atoms with van der Waals surface area (Å²) >= 11 is 0. The molecule has 0 unspecified atom stereocenters. The summed E-state index contributed by atoms with van der Waals surface area (Å²) in [5, 5.41) is 32.7. The van der Waals surface area contributed by atoms with Gasteiger partial charge < -0.3 is 9.80 Å². The van der Waals surface area contributed by atoms with Crippen LogP contribution in [-0.2, 0) is 0 Å². The molecule has 1 aromatic heterocycles. The van der Waals surface area contributed by atoms with Gasteiger partial charge in [-0.1, -0.05) is 0 Å². The first-order valence-corrected chi connectivity index (χ1v) is 8.35. The van der Waals surface area contributed by atoms with E-state index in [0.717, 1.165) is 24.4 Å². The van der Waals surface area contributed by atoms with E-state index < -0.39 is 32.1 Å². The molecule has 13 heteroatoms. The van der Waals surface area contributed by atoms with Crippen LogP contribution in [-0.4, -0.2) is 56.7 Å². The topological polar surface area (TPSA) is 166 Å². The van der Waals surface area contributed by atoms with Crippen molar-refractivity contribution < 1.29 is 19.6 Å². The molecule has 0 spiro atoms. The molecular formula is C16H14N6O7. The van der Waals surface area contributed by atoms with Gasteiger partial charge in [0.25, 0.3) is 23.0 Å². The highest BCUT2D eigenvalue weighted by molar-refractivity contribution is 5.95. The lowest BCUT2D eigenvalue weighted by atomic mass is 10.1. The quantitative estimate of drug-likeness (QED) is 0.535. The molecule has 2 heterocycles. The van der Waals surface area contributed by atoms with Gasteiger partial charge >= 0.3 is 0 Å². The van der Waals surface area contributed by atoms with Crippen LogP contribution in [0.15, 0.2) is 36.5 Å². The summed E-state index contributed by atoms with van der Waals surface area (Å²) in [7, 11) is 0. The maximum absolute atomic E-state index is 12.7. The lowest BCUT2D eigenvalue weighted by Crippen LogP contribution is -2.49. The third kappa shape index (κ3) is 4.23. The second-order valence-electron chi connectivity index (χ2n) is 6.16. The number of hydrogen-bond donors (Lipinski definition) is 0. The van der Waals surface area contributed by atoms with Crippen molar-refractivity contribution in [3.63, 3.8) is 0 Å². The average Bonchev–Trinajstić information content (AvgIpc) is 2.73. The minimum Gasteiger partial charge on any atom is -0.353 e. The maximum atomic E-state index is 12.7. The van der Waals surface area contributed by atoms with Crippen molar-refractivity contribution in [1.29, 1.82) is 0 Å². The number of carbonyl (C=O) groups is 1. The molecule has 0 radical (unpaired) electrons. The van der Waals surface area contributed by atoms with E-state index in [1.807, 2.05) is 4.90 Å². The van der Waals surface area contributed by atoms with Crippen molar-refractivity contribution in [3.05, 3.63) is 72.4 Å². The Hall–Kier alpha value is -4.16. The Kier molecular flexibility index (Phi) is 5.29. The van der Waals surface area contributed by atoms with Gasteiger partial charge in [0.2, 0.25) is 0 Å². The number of nitro benzene ring substituents is 2. The van der Waals surface area contributed by atoms with Gasteiger partial charge in [-0.15, -0.1) is 0 Å². The van der Waals surface area contributed by atoms with Crippen LogP contribution >= 0.6 is 0 Å². The highest BCUT2D eigenvalue weighted by atomic mass is 16.6. The van der Waals surface area contributed by atoms with Crippen LogP contribution in [0.4, 0.5) is 22.9 Å². The predicted octanol–water partition coefficient (Wildman–Crippen LogP) is 1.77. The van der Waals surface area contributed by atoms with E-state index in [1.54, 1.807) is 0 Å². The third-order valence-electron chi connectivity index (χ3n) is 4.41. The van der Waals surface area contributed by atoms with Crippen LogP contribution < -0.4 is 4.90 Å². The fraction of sp³-hybridized carbons (Fsp3) is 0.250. The number of pyridine rings is 1. The predicted molar refractivity (Wildman–Crippen MR) is 98.8 cm³/mol. The van der Waals surface area contributed by atoms with E-state index in [0.29, 0.717) is 18.9 Å². The van der Waals surface area contributed by atoms with Gasteiger partial charge in [-0.05, 0) is 6.07 Å². The van der Waals surface area contributed by atoms with Crippen LogP contribution in [0.5, 0.6) is 0 Å². The summed E-state index contributed by atoms with van der Waals surface area (Å²) in [4.78, 5) is 50.6. The van der Waals surface area contributed by atoms with E-state index >= 15 is 0 Å². The standard InChI is InChI=1S/C16H14N6O7/c23-16(11-7-13(21(26)27)9-14(8-11)22(28)29)19-5-3-18(4-6-19)15-2-1-12(10-17-15)20(24)25/h1-2,7-10H,3-6H2. The summed E-state index contributed by atoms with van der Waals surface area (Å²) in [5.74, 6) is -0.0261. The van der Waals surface area contributed by atoms with Gasteiger partial charge in [0.1, 0.15) is 12.0 Å². The lowest BCUT2D eigenvalue weighted by Gasteiger charge is -2.35. The van der Waals surface area contributed by atoms with Gasteiger partial charge in [0.15, 0.2) is 0 Å². The van der Waals surface area contributed by atoms with Crippen molar-refractivity contribution in [2.75, 3.05) is 31.1 Å². The molecule has 2 aromatic rings. The smallest absolute Gasteiger partial charge is 0.287 e. The summed E-state index contributed by atoms with van der Waals surface area (Å²) in [6, 6.07) is 5.68. The zero-order chi connectivity index (χ0) is 21.1. The molecule has 29 heavy (non-hydrogen) atoms. The number of hydrogen-bond acceptors (Lipinski definition) is 9. The molecule has 1 amide bonds. The van der Waals surface area contributed by atoms with E-state index in [1.165, 1.54) is 17.0 Å². The number of piperazine rings is 1. The molecule has 0 N–H and O–H groups in total. The third-order valence-corrected chi connectivity index (χ3v) is 4.41. The van der Waals surface area contributed by atoms with E-state index in [2.05, 4.69) is 4.98 Å². The maximum Gasteiger partial charge on any atom is 0.287 e.